The minimum absolute atomic E-state index is 0.0416. The Balaban J connectivity index is 1.58. The monoisotopic (exact) mass is 286 g/mol. The first-order valence-electron chi connectivity index (χ1n) is 7.30. The Morgan fingerprint density at radius 3 is 2.68 bits per heavy atom. The highest BCUT2D eigenvalue weighted by Crippen LogP contribution is 2.28. The second-order valence-electron chi connectivity index (χ2n) is 6.10. The molecule has 3 aliphatic rings. The van der Waals surface area contributed by atoms with Crippen molar-refractivity contribution in [3.8, 4) is 0 Å². The second kappa shape index (κ2) is 5.05. The number of sulfone groups is 1. The van der Waals surface area contributed by atoms with Crippen molar-refractivity contribution in [3.05, 3.63) is 0 Å². The van der Waals surface area contributed by atoms with Crippen molar-refractivity contribution < 1.29 is 13.2 Å². The minimum Gasteiger partial charge on any atom is -0.351 e. The van der Waals surface area contributed by atoms with Gasteiger partial charge in [-0.1, -0.05) is 6.42 Å². The van der Waals surface area contributed by atoms with Crippen LogP contribution in [0.1, 0.15) is 32.1 Å². The Hall–Kier alpha value is -0.620. The summed E-state index contributed by atoms with van der Waals surface area (Å²) in [6.45, 7) is 2.22. The van der Waals surface area contributed by atoms with Gasteiger partial charge in [0.1, 0.15) is 0 Å². The average molecular weight is 286 g/mol. The Kier molecular flexibility index (Phi) is 3.55. The zero-order valence-electron chi connectivity index (χ0n) is 11.2. The normalized spacial score (nSPS) is 38.0. The molecular formula is C13H22N2O3S. The Labute approximate surface area is 114 Å². The van der Waals surface area contributed by atoms with Gasteiger partial charge in [-0.05, 0) is 32.2 Å². The molecule has 3 fully saturated rings. The van der Waals surface area contributed by atoms with Gasteiger partial charge in [-0.15, -0.1) is 0 Å². The Bertz CT molecular complexity index is 463. The lowest BCUT2D eigenvalue weighted by molar-refractivity contribution is -0.125. The summed E-state index contributed by atoms with van der Waals surface area (Å²) in [5.41, 5.74) is 0. The van der Waals surface area contributed by atoms with Gasteiger partial charge in [0.25, 0.3) is 0 Å². The first kappa shape index (κ1) is 13.4. The molecule has 3 unspecified atom stereocenters. The number of nitrogens with zero attached hydrogens (tertiary/aromatic N) is 1. The van der Waals surface area contributed by atoms with E-state index in [-0.39, 0.29) is 29.4 Å². The van der Waals surface area contributed by atoms with Gasteiger partial charge in [-0.2, -0.15) is 0 Å². The second-order valence-corrected chi connectivity index (χ2v) is 8.33. The summed E-state index contributed by atoms with van der Waals surface area (Å²) in [6, 6.07) is 0.715. The van der Waals surface area contributed by atoms with Crippen LogP contribution in [0.5, 0.6) is 0 Å². The van der Waals surface area contributed by atoms with Gasteiger partial charge in [0.05, 0.1) is 17.4 Å². The number of nitrogens with one attached hydrogen (secondary N) is 1. The summed E-state index contributed by atoms with van der Waals surface area (Å²) in [6.07, 6.45) is 5.17. The van der Waals surface area contributed by atoms with Crippen LogP contribution in [-0.2, 0) is 14.6 Å². The molecule has 6 heteroatoms. The van der Waals surface area contributed by atoms with E-state index in [9.17, 15) is 13.2 Å². The van der Waals surface area contributed by atoms with Crippen LogP contribution in [-0.4, -0.2) is 55.9 Å². The van der Waals surface area contributed by atoms with Crippen LogP contribution >= 0.6 is 0 Å². The van der Waals surface area contributed by atoms with Crippen molar-refractivity contribution in [2.45, 2.75) is 44.2 Å². The summed E-state index contributed by atoms with van der Waals surface area (Å²) in [7, 11) is -2.97. The zero-order chi connectivity index (χ0) is 13.5. The SMILES string of the molecule is O=C(NC1CCN2CCCCC12)C1CCS(=O)(=O)C1. The third-order valence-electron chi connectivity index (χ3n) is 4.79. The fourth-order valence-electron chi connectivity index (χ4n) is 3.72. The lowest BCUT2D eigenvalue weighted by Gasteiger charge is -2.32. The molecule has 5 nitrogen and oxygen atoms in total. The van der Waals surface area contributed by atoms with Crippen molar-refractivity contribution in [3.63, 3.8) is 0 Å². The first-order valence-corrected chi connectivity index (χ1v) is 9.12. The van der Waals surface area contributed by atoms with E-state index in [1.807, 2.05) is 0 Å². The van der Waals surface area contributed by atoms with Gasteiger partial charge in [0.2, 0.25) is 5.91 Å². The molecule has 0 aromatic rings. The molecular weight excluding hydrogens is 264 g/mol. The van der Waals surface area contributed by atoms with Crippen molar-refractivity contribution in [1.82, 2.24) is 10.2 Å². The standard InChI is InChI=1S/C13H22N2O3S/c16-13(10-5-8-19(17,18)9-10)14-11-4-7-15-6-2-1-3-12(11)15/h10-12H,1-9H2,(H,14,16). The van der Waals surface area contributed by atoms with Crippen LogP contribution in [0, 0.1) is 5.92 Å². The summed E-state index contributed by atoms with van der Waals surface area (Å²) < 4.78 is 22.8. The molecule has 3 heterocycles. The molecule has 3 atom stereocenters. The number of hydrogen-bond acceptors (Lipinski definition) is 4. The van der Waals surface area contributed by atoms with E-state index in [0.29, 0.717) is 12.5 Å². The van der Waals surface area contributed by atoms with Crippen LogP contribution < -0.4 is 5.32 Å². The van der Waals surface area contributed by atoms with Crippen molar-refractivity contribution >= 4 is 15.7 Å². The number of rotatable bonds is 2. The van der Waals surface area contributed by atoms with Gasteiger partial charge in [-0.25, -0.2) is 8.42 Å². The molecule has 19 heavy (non-hydrogen) atoms. The lowest BCUT2D eigenvalue weighted by atomic mass is 9.98. The number of hydrogen-bond donors (Lipinski definition) is 1. The average Bonchev–Trinajstić information content (AvgIpc) is 2.94. The van der Waals surface area contributed by atoms with Gasteiger partial charge >= 0.3 is 0 Å². The molecule has 0 radical (unpaired) electrons. The zero-order valence-corrected chi connectivity index (χ0v) is 12.0. The van der Waals surface area contributed by atoms with E-state index in [4.69, 9.17) is 0 Å². The van der Waals surface area contributed by atoms with E-state index in [1.54, 1.807) is 0 Å². The van der Waals surface area contributed by atoms with Crippen LogP contribution in [0.2, 0.25) is 0 Å². The summed E-state index contributed by atoms with van der Waals surface area (Å²) in [5.74, 6) is -0.147. The van der Waals surface area contributed by atoms with Crippen LogP contribution in [0.25, 0.3) is 0 Å². The molecule has 3 saturated heterocycles. The summed E-state index contributed by atoms with van der Waals surface area (Å²) in [4.78, 5) is 14.6. The van der Waals surface area contributed by atoms with Crippen LogP contribution in [0.3, 0.4) is 0 Å². The number of piperidine rings is 1. The largest absolute Gasteiger partial charge is 0.351 e. The van der Waals surface area contributed by atoms with Gasteiger partial charge in [0.15, 0.2) is 9.84 Å². The smallest absolute Gasteiger partial charge is 0.224 e. The highest BCUT2D eigenvalue weighted by atomic mass is 32.2. The topological polar surface area (TPSA) is 66.5 Å². The van der Waals surface area contributed by atoms with E-state index in [0.717, 1.165) is 25.9 Å². The third kappa shape index (κ3) is 2.79. The van der Waals surface area contributed by atoms with Gasteiger partial charge in [-0.3, -0.25) is 9.69 Å². The van der Waals surface area contributed by atoms with Crippen molar-refractivity contribution in [1.29, 1.82) is 0 Å². The summed E-state index contributed by atoms with van der Waals surface area (Å²) >= 11 is 0. The highest BCUT2D eigenvalue weighted by Gasteiger charge is 2.39. The fraction of sp³-hybridized carbons (Fsp3) is 0.923. The molecule has 3 rings (SSSR count). The van der Waals surface area contributed by atoms with Gasteiger partial charge < -0.3 is 5.32 Å². The van der Waals surface area contributed by atoms with Crippen LogP contribution in [0.15, 0.2) is 0 Å². The molecule has 0 bridgehead atoms. The number of amides is 1. The van der Waals surface area contributed by atoms with E-state index < -0.39 is 9.84 Å². The van der Waals surface area contributed by atoms with Crippen molar-refractivity contribution in [2.75, 3.05) is 24.6 Å². The summed E-state index contributed by atoms with van der Waals surface area (Å²) in [5, 5.41) is 3.11. The quantitative estimate of drug-likeness (QED) is 0.785. The maximum Gasteiger partial charge on any atom is 0.224 e. The molecule has 3 aliphatic heterocycles. The highest BCUT2D eigenvalue weighted by molar-refractivity contribution is 7.91. The number of fused-ring (bicyclic) bond motifs is 1. The van der Waals surface area contributed by atoms with E-state index >= 15 is 0 Å². The molecule has 0 spiro atoms. The van der Waals surface area contributed by atoms with Crippen molar-refractivity contribution in [2.24, 2.45) is 5.92 Å². The van der Waals surface area contributed by atoms with E-state index in [2.05, 4.69) is 10.2 Å². The van der Waals surface area contributed by atoms with Gasteiger partial charge in [0, 0.05) is 18.6 Å². The molecule has 0 aromatic carbocycles. The number of carbonyl (C=O) groups is 1. The first-order chi connectivity index (χ1) is 9.05. The molecule has 0 aliphatic carbocycles. The molecule has 1 N–H and O–H groups in total. The third-order valence-corrected chi connectivity index (χ3v) is 6.55. The predicted molar refractivity (Wildman–Crippen MR) is 72.5 cm³/mol. The molecule has 0 saturated carbocycles. The Morgan fingerprint density at radius 2 is 1.95 bits per heavy atom. The fourth-order valence-corrected chi connectivity index (χ4v) is 5.46. The maximum atomic E-state index is 12.2. The Morgan fingerprint density at radius 1 is 1.11 bits per heavy atom. The lowest BCUT2D eigenvalue weighted by Crippen LogP contribution is -2.48. The maximum absolute atomic E-state index is 12.2. The molecule has 108 valence electrons. The van der Waals surface area contributed by atoms with E-state index in [1.165, 1.54) is 12.8 Å². The van der Waals surface area contributed by atoms with Crippen LogP contribution in [0.4, 0.5) is 0 Å². The number of carbonyl (C=O) groups excluding carboxylic acids is 1. The molecule has 0 aromatic heterocycles. The minimum atomic E-state index is -2.97. The molecule has 1 amide bonds. The predicted octanol–water partition coefficient (Wildman–Crippen LogP) is 0.164.